The van der Waals surface area contributed by atoms with E-state index in [4.69, 9.17) is 0 Å². The van der Waals surface area contributed by atoms with E-state index in [1.165, 1.54) is 38.5 Å². The minimum absolute atomic E-state index is 0.110. The number of likely N-dealkylation sites (N-methyl/N-ethyl adjacent to an activating group) is 1. The molecule has 0 radical (unpaired) electrons. The number of aliphatic hydroxyl groups is 1. The van der Waals surface area contributed by atoms with E-state index in [2.05, 4.69) is 114 Å². The second-order valence-corrected chi connectivity index (χ2v) is 31.2. The molecule has 0 aliphatic carbocycles. The van der Waals surface area contributed by atoms with Crippen molar-refractivity contribution in [2.75, 3.05) is 129 Å². The van der Waals surface area contributed by atoms with Crippen LogP contribution in [-0.4, -0.2) is 220 Å². The summed E-state index contributed by atoms with van der Waals surface area (Å²) in [5, 5.41) is 42.4. The summed E-state index contributed by atoms with van der Waals surface area (Å²) in [4.78, 5) is 81.5. The molecular weight excluding hydrogens is 1480 g/mol. The Balaban J connectivity index is 0.000000131. The van der Waals surface area contributed by atoms with Crippen LogP contribution in [0.2, 0.25) is 0 Å². The summed E-state index contributed by atoms with van der Waals surface area (Å²) in [6.45, 7) is 12.4. The van der Waals surface area contributed by atoms with Crippen LogP contribution < -0.4 is 30.7 Å². The van der Waals surface area contributed by atoms with E-state index in [-0.39, 0.29) is 55.3 Å². The van der Waals surface area contributed by atoms with Crippen LogP contribution in [-0.2, 0) is 19.6 Å². The monoisotopic (exact) mass is 1570 g/mol. The third kappa shape index (κ3) is 19.3. The standard InChI is InChI=1S/C29H31F2N7O.C29H34N8O2.C28H29F2N7O/c30-29(31)8-12-37(13-9-29)19-20-14-22(17-32-16-20)21-4-6-25-24(15-21)27(36-35-25)28(39)34-23-5-7-26(33-18-23)38-10-2-1-3-11-38;1-35-10-12-37(13-11-35)27-5-3-23(18-31-27)32-29(39)28-25-15-21(2-4-26(25)33-34-28)22-14-20(16-30-17-22)19-36-8-6-24(38)7-9-36;29-28(30)8-11-36(18-28)17-19-12-21(15-31-14-19)20-4-6-24-23(13-20)26(35-34-24)27(38)33-22-5-7-25(32-16-22)37-9-2-1-3-10-37/h4-7,14-18H,1-3,8-13,19H2,(H,34,39)(H,35,36);2-5,14-18,24,38H,6-13,19H2,1H3,(H,32,39)(H,33,34);4-7,12-16H,1-3,8-11,17-18H2,(H,33,38)(H,34,35). The number of benzene rings is 3. The first-order valence-electron chi connectivity index (χ1n) is 40.0. The molecule has 7 N–H and O–H groups in total. The molecule has 6 aliphatic rings. The van der Waals surface area contributed by atoms with Crippen molar-refractivity contribution in [1.29, 1.82) is 0 Å². The van der Waals surface area contributed by atoms with Gasteiger partial charge in [0.25, 0.3) is 29.6 Å². The molecule has 0 atom stereocenters. The van der Waals surface area contributed by atoms with Crippen molar-refractivity contribution < 1.29 is 37.1 Å². The molecule has 0 spiro atoms. The van der Waals surface area contributed by atoms with E-state index >= 15 is 0 Å². The number of halogens is 4. The van der Waals surface area contributed by atoms with E-state index < -0.39 is 11.8 Å². The van der Waals surface area contributed by atoms with Crippen LogP contribution >= 0.6 is 0 Å². The zero-order valence-electron chi connectivity index (χ0n) is 64.8. The summed E-state index contributed by atoms with van der Waals surface area (Å²) in [5.41, 5.74) is 13.5. The van der Waals surface area contributed by atoms with Crippen LogP contribution in [0.4, 0.5) is 52.1 Å². The number of nitrogens with zero attached hydrogens (tertiary/aromatic N) is 16. The molecule has 3 aromatic carbocycles. The summed E-state index contributed by atoms with van der Waals surface area (Å²) >= 11 is 0. The molecule has 6 fully saturated rings. The zero-order valence-corrected chi connectivity index (χ0v) is 64.8. The fourth-order valence-electron chi connectivity index (χ4n) is 15.9. The summed E-state index contributed by atoms with van der Waals surface area (Å²) in [6, 6.07) is 35.0. The molecular formula is C86H94F4N22O4. The molecule has 15 heterocycles. The van der Waals surface area contributed by atoms with Gasteiger partial charge in [-0.25, -0.2) is 32.5 Å². The Bertz CT molecular complexity index is 5400. The van der Waals surface area contributed by atoms with E-state index in [0.29, 0.717) is 71.9 Å². The summed E-state index contributed by atoms with van der Waals surface area (Å²) in [7, 11) is 2.13. The Morgan fingerprint density at radius 2 is 0.750 bits per heavy atom. The number of aromatic amines is 3. The summed E-state index contributed by atoms with van der Waals surface area (Å²) < 4.78 is 54.2. The average Bonchev–Trinajstić information content (AvgIpc) is 1.64. The maximum Gasteiger partial charge on any atom is 0.276 e. The van der Waals surface area contributed by atoms with E-state index in [0.717, 1.165) is 174 Å². The Labute approximate surface area is 668 Å². The number of rotatable bonds is 18. The number of aromatic nitrogens is 12. The lowest BCUT2D eigenvalue weighted by Crippen LogP contribution is -2.44. The lowest BCUT2D eigenvalue weighted by Gasteiger charge is -2.33. The highest BCUT2D eigenvalue weighted by atomic mass is 19.3. The van der Waals surface area contributed by atoms with Gasteiger partial charge in [-0.05, 0) is 183 Å². The van der Waals surface area contributed by atoms with Gasteiger partial charge in [-0.1, -0.05) is 18.2 Å². The molecule has 30 heteroatoms. The largest absolute Gasteiger partial charge is 0.393 e. The van der Waals surface area contributed by atoms with Crippen LogP contribution in [0.25, 0.3) is 66.1 Å². The predicted octanol–water partition coefficient (Wildman–Crippen LogP) is 13.6. The number of hydrogen-bond acceptors (Lipinski definition) is 20. The number of aliphatic hydroxyl groups excluding tert-OH is 1. The number of hydrogen-bond donors (Lipinski definition) is 7. The minimum Gasteiger partial charge on any atom is -0.393 e. The topological polar surface area (TPSA) is 294 Å². The predicted molar refractivity (Wildman–Crippen MR) is 441 cm³/mol. The minimum atomic E-state index is -2.63. The van der Waals surface area contributed by atoms with Crippen molar-refractivity contribution in [3.63, 3.8) is 0 Å². The molecule has 9 aromatic heterocycles. The highest BCUT2D eigenvalue weighted by Gasteiger charge is 2.38. The van der Waals surface area contributed by atoms with Crippen LogP contribution in [0.15, 0.2) is 165 Å². The summed E-state index contributed by atoms with van der Waals surface area (Å²) in [5.74, 6) is -3.35. The van der Waals surface area contributed by atoms with Crippen LogP contribution in [0.1, 0.15) is 119 Å². The number of anilines is 6. The van der Waals surface area contributed by atoms with Gasteiger partial charge < -0.3 is 40.7 Å². The Morgan fingerprint density at radius 3 is 1.11 bits per heavy atom. The lowest BCUT2D eigenvalue weighted by molar-refractivity contribution is -0.0566. The molecule has 116 heavy (non-hydrogen) atoms. The first-order valence-corrected chi connectivity index (χ1v) is 40.0. The van der Waals surface area contributed by atoms with Crippen molar-refractivity contribution in [1.82, 2.24) is 80.1 Å². The number of carbonyl (C=O) groups excluding carboxylic acids is 3. The fourth-order valence-corrected chi connectivity index (χ4v) is 15.9. The van der Waals surface area contributed by atoms with Gasteiger partial charge in [-0.3, -0.25) is 59.3 Å². The maximum absolute atomic E-state index is 13.6. The quantitative estimate of drug-likeness (QED) is 0.0393. The van der Waals surface area contributed by atoms with Gasteiger partial charge in [-0.15, -0.1) is 0 Å². The second-order valence-electron chi connectivity index (χ2n) is 31.2. The van der Waals surface area contributed by atoms with Crippen LogP contribution in [0.5, 0.6) is 0 Å². The Kier molecular flexibility index (Phi) is 23.7. The zero-order chi connectivity index (χ0) is 79.7. The average molecular weight is 1580 g/mol. The summed E-state index contributed by atoms with van der Waals surface area (Å²) in [6.07, 6.45) is 24.1. The third-order valence-electron chi connectivity index (χ3n) is 22.5. The first kappa shape index (κ1) is 78.2. The number of nitrogens with one attached hydrogen (secondary N) is 6. The van der Waals surface area contributed by atoms with E-state index in [1.807, 2.05) is 120 Å². The molecule has 3 amide bonds. The third-order valence-corrected chi connectivity index (χ3v) is 22.5. The molecule has 600 valence electrons. The van der Waals surface area contributed by atoms with Gasteiger partial charge in [0.15, 0.2) is 17.1 Å². The molecule has 12 aromatic rings. The SMILES string of the molecule is CN1CCN(c2ccc(NC(=O)c3n[nH]c4ccc(-c5cncc(CN6CCC(O)CC6)c5)cc34)cn2)CC1.O=C(Nc1ccc(N2CCCCC2)nc1)c1n[nH]c2ccc(-c3cncc(CN4CCC(F)(F)C4)c3)cc12.O=C(Nc1ccc(N2CCCCC2)nc1)c1n[nH]c2ccc(-c3cncc(CN4CCC(F)(F)CC4)c3)cc12. The highest BCUT2D eigenvalue weighted by Crippen LogP contribution is 2.35. The van der Waals surface area contributed by atoms with Crippen LogP contribution in [0.3, 0.4) is 0 Å². The number of piperazine rings is 1. The van der Waals surface area contributed by atoms with Gasteiger partial charge in [-0.2, -0.15) is 15.3 Å². The van der Waals surface area contributed by atoms with Crippen molar-refractivity contribution >= 4 is 84.9 Å². The van der Waals surface area contributed by atoms with Crippen molar-refractivity contribution in [3.8, 4) is 33.4 Å². The maximum atomic E-state index is 13.6. The van der Waals surface area contributed by atoms with Gasteiger partial charge >= 0.3 is 0 Å². The van der Waals surface area contributed by atoms with E-state index in [1.54, 1.807) is 48.3 Å². The molecule has 0 bridgehead atoms. The smallest absolute Gasteiger partial charge is 0.276 e. The van der Waals surface area contributed by atoms with Crippen molar-refractivity contribution in [2.24, 2.45) is 0 Å². The van der Waals surface area contributed by atoms with Crippen molar-refractivity contribution in [3.05, 3.63) is 199 Å². The molecule has 0 unspecified atom stereocenters. The van der Waals surface area contributed by atoms with Gasteiger partial charge in [0.2, 0.25) is 0 Å². The van der Waals surface area contributed by atoms with Gasteiger partial charge in [0.05, 0.1) is 64.9 Å². The Hall–Kier alpha value is -11.7. The fraction of sp³-hybridized carbons (Fsp3) is 0.372. The second kappa shape index (κ2) is 35.2. The molecule has 26 nitrogen and oxygen atoms in total. The van der Waals surface area contributed by atoms with Gasteiger partial charge in [0.1, 0.15) is 17.5 Å². The number of amides is 3. The molecule has 6 aliphatic heterocycles. The first-order chi connectivity index (χ1) is 56.4. The molecule has 6 saturated heterocycles. The Morgan fingerprint density at radius 1 is 0.397 bits per heavy atom. The number of H-pyrrole nitrogens is 3. The van der Waals surface area contributed by atoms with E-state index in [9.17, 15) is 37.1 Å². The molecule has 18 rings (SSSR count). The van der Waals surface area contributed by atoms with Crippen molar-refractivity contribution in [2.45, 2.75) is 108 Å². The highest BCUT2D eigenvalue weighted by molar-refractivity contribution is 6.13. The normalized spacial score (nSPS) is 17.7. The van der Waals surface area contributed by atoms with Crippen LogP contribution in [0, 0.1) is 0 Å². The van der Waals surface area contributed by atoms with Gasteiger partial charge in [0, 0.05) is 194 Å². The lowest BCUT2D eigenvalue weighted by atomic mass is 10.0. The molecule has 0 saturated carbocycles. The number of carbonyl (C=O) groups is 3. The number of alkyl halides is 4. The number of pyridine rings is 6. The number of piperidine rings is 4. The number of fused-ring (bicyclic) bond motifs is 3. The number of likely N-dealkylation sites (tertiary alicyclic amines) is 3.